The Morgan fingerprint density at radius 2 is 1.95 bits per heavy atom. The molecule has 1 unspecified atom stereocenters. The van der Waals surface area contributed by atoms with E-state index in [1.54, 1.807) is 0 Å². The molecule has 1 atom stereocenters. The molecule has 0 spiro atoms. The molecular weight excluding hydrogens is 295 g/mol. The summed E-state index contributed by atoms with van der Waals surface area (Å²) in [5.74, 6) is -1.15. The van der Waals surface area contributed by atoms with Gasteiger partial charge in [-0.2, -0.15) is 13.2 Å². The highest BCUT2D eigenvalue weighted by Crippen LogP contribution is 2.34. The van der Waals surface area contributed by atoms with Gasteiger partial charge in [-0.1, -0.05) is 30.6 Å². The summed E-state index contributed by atoms with van der Waals surface area (Å²) >= 11 is 0.328. The molecule has 0 aromatic carbocycles. The van der Waals surface area contributed by atoms with Gasteiger partial charge in [0.05, 0.1) is 0 Å². The lowest BCUT2D eigenvalue weighted by Gasteiger charge is -2.27. The van der Waals surface area contributed by atoms with Gasteiger partial charge in [-0.15, -0.1) is 10.2 Å². The molecule has 2 N–H and O–H groups in total. The zero-order valence-electron chi connectivity index (χ0n) is 10.5. The van der Waals surface area contributed by atoms with Gasteiger partial charge in [-0.3, -0.25) is 0 Å². The second-order valence-corrected chi connectivity index (χ2v) is 5.75. The third kappa shape index (κ3) is 3.59. The molecule has 5 nitrogen and oxygen atoms in total. The number of aliphatic carboxylic acids is 1. The van der Waals surface area contributed by atoms with Gasteiger partial charge in [0.15, 0.2) is 0 Å². The van der Waals surface area contributed by atoms with Gasteiger partial charge in [0, 0.05) is 0 Å². The third-order valence-corrected chi connectivity index (χ3v) is 4.23. The van der Waals surface area contributed by atoms with Crippen LogP contribution in [0.15, 0.2) is 0 Å². The summed E-state index contributed by atoms with van der Waals surface area (Å²) < 4.78 is 37.2. The van der Waals surface area contributed by atoms with Crippen LogP contribution in [0, 0.1) is 5.92 Å². The topological polar surface area (TPSA) is 75.1 Å². The molecule has 1 aromatic heterocycles. The number of halogens is 3. The van der Waals surface area contributed by atoms with Crippen LogP contribution in [0.3, 0.4) is 0 Å². The Labute approximate surface area is 117 Å². The summed E-state index contributed by atoms with van der Waals surface area (Å²) in [6.07, 6.45) is -0.0785. The number of carbonyl (C=O) groups is 1. The maximum atomic E-state index is 12.4. The van der Waals surface area contributed by atoms with Crippen LogP contribution >= 0.6 is 11.3 Å². The maximum Gasteiger partial charge on any atom is 0.445 e. The van der Waals surface area contributed by atoms with Crippen LogP contribution in [0.5, 0.6) is 0 Å². The summed E-state index contributed by atoms with van der Waals surface area (Å²) in [6, 6.07) is -0.913. The van der Waals surface area contributed by atoms with E-state index in [0.717, 1.165) is 32.1 Å². The van der Waals surface area contributed by atoms with Crippen LogP contribution in [0.2, 0.25) is 0 Å². The average Bonchev–Trinajstić information content (AvgIpc) is 2.85. The van der Waals surface area contributed by atoms with E-state index in [9.17, 15) is 23.1 Å². The summed E-state index contributed by atoms with van der Waals surface area (Å²) in [4.78, 5) is 11.3. The van der Waals surface area contributed by atoms with Gasteiger partial charge in [0.25, 0.3) is 0 Å². The Bertz CT molecular complexity index is 472. The number of rotatable bonds is 4. The molecule has 1 saturated carbocycles. The smallest absolute Gasteiger partial charge is 0.445 e. The minimum atomic E-state index is -4.55. The van der Waals surface area contributed by atoms with E-state index >= 15 is 0 Å². The Morgan fingerprint density at radius 3 is 2.45 bits per heavy atom. The minimum Gasteiger partial charge on any atom is -0.480 e. The Morgan fingerprint density at radius 1 is 1.30 bits per heavy atom. The monoisotopic (exact) mass is 309 g/mol. The van der Waals surface area contributed by atoms with Crippen LogP contribution in [0.25, 0.3) is 0 Å². The SMILES string of the molecule is O=C(O)C(Nc1nnc(C(F)(F)F)s1)C1CCCCC1. The second kappa shape index (κ2) is 5.94. The van der Waals surface area contributed by atoms with Crippen molar-refractivity contribution < 1.29 is 23.1 Å². The van der Waals surface area contributed by atoms with E-state index in [2.05, 4.69) is 15.5 Å². The zero-order chi connectivity index (χ0) is 14.8. The first-order valence-electron chi connectivity index (χ1n) is 6.28. The lowest BCUT2D eigenvalue weighted by atomic mass is 9.84. The maximum absolute atomic E-state index is 12.4. The van der Waals surface area contributed by atoms with Crippen molar-refractivity contribution in [3.05, 3.63) is 5.01 Å². The molecule has 20 heavy (non-hydrogen) atoms. The molecule has 1 fully saturated rings. The molecule has 1 aromatic rings. The average molecular weight is 309 g/mol. The molecular formula is C11H14F3N3O2S. The zero-order valence-corrected chi connectivity index (χ0v) is 11.3. The highest BCUT2D eigenvalue weighted by atomic mass is 32.1. The Balaban J connectivity index is 2.08. The normalized spacial score (nSPS) is 18.8. The van der Waals surface area contributed by atoms with Gasteiger partial charge < -0.3 is 10.4 Å². The quantitative estimate of drug-likeness (QED) is 0.894. The fourth-order valence-electron chi connectivity index (χ4n) is 2.38. The van der Waals surface area contributed by atoms with Crippen LogP contribution in [-0.4, -0.2) is 27.3 Å². The number of carboxylic acids is 1. The number of alkyl halides is 3. The molecule has 0 bridgehead atoms. The van der Waals surface area contributed by atoms with E-state index in [0.29, 0.717) is 11.3 Å². The van der Waals surface area contributed by atoms with E-state index in [1.807, 2.05) is 0 Å². The molecule has 0 aliphatic heterocycles. The van der Waals surface area contributed by atoms with Gasteiger partial charge in [-0.05, 0) is 18.8 Å². The molecule has 0 amide bonds. The Kier molecular flexibility index (Phi) is 4.46. The first-order valence-corrected chi connectivity index (χ1v) is 7.09. The lowest BCUT2D eigenvalue weighted by Crippen LogP contribution is -2.37. The van der Waals surface area contributed by atoms with Crippen molar-refractivity contribution in [2.24, 2.45) is 5.92 Å². The summed E-state index contributed by atoms with van der Waals surface area (Å²) in [7, 11) is 0. The van der Waals surface area contributed by atoms with Crippen LogP contribution in [-0.2, 0) is 11.0 Å². The fourth-order valence-corrected chi connectivity index (χ4v) is 3.03. The first-order chi connectivity index (χ1) is 9.38. The minimum absolute atomic E-state index is 0.0838. The molecule has 0 radical (unpaired) electrons. The van der Waals surface area contributed by atoms with Crippen molar-refractivity contribution >= 4 is 22.4 Å². The molecule has 1 aliphatic rings. The van der Waals surface area contributed by atoms with Crippen LogP contribution < -0.4 is 5.32 Å². The highest BCUT2D eigenvalue weighted by Gasteiger charge is 2.37. The van der Waals surface area contributed by atoms with Crippen molar-refractivity contribution in [1.29, 1.82) is 0 Å². The van der Waals surface area contributed by atoms with E-state index < -0.39 is 23.2 Å². The number of nitrogens with one attached hydrogen (secondary N) is 1. The highest BCUT2D eigenvalue weighted by molar-refractivity contribution is 7.15. The summed E-state index contributed by atoms with van der Waals surface area (Å²) in [5, 5.41) is 17.0. The predicted octanol–water partition coefficient (Wildman–Crippen LogP) is 3.00. The van der Waals surface area contributed by atoms with Crippen molar-refractivity contribution in [3.8, 4) is 0 Å². The molecule has 2 rings (SSSR count). The third-order valence-electron chi connectivity index (χ3n) is 3.33. The van der Waals surface area contributed by atoms with Gasteiger partial charge in [-0.25, -0.2) is 4.79 Å². The van der Waals surface area contributed by atoms with E-state index in [1.165, 1.54) is 0 Å². The molecule has 1 aliphatic carbocycles. The lowest BCUT2D eigenvalue weighted by molar-refractivity contribution is -0.139. The summed E-state index contributed by atoms with van der Waals surface area (Å²) in [5.41, 5.74) is 0. The largest absolute Gasteiger partial charge is 0.480 e. The number of carboxylic acid groups (broad SMARTS) is 1. The standard InChI is InChI=1S/C11H14F3N3O2S/c12-11(13,14)9-16-17-10(20-9)15-7(8(18)19)6-4-2-1-3-5-6/h6-7H,1-5H2,(H,15,17)(H,18,19). The van der Waals surface area contributed by atoms with Gasteiger partial charge in [0.2, 0.25) is 10.1 Å². The first kappa shape index (κ1) is 15.0. The molecule has 1 heterocycles. The predicted molar refractivity (Wildman–Crippen MR) is 66.5 cm³/mol. The number of hydrogen-bond donors (Lipinski definition) is 2. The van der Waals surface area contributed by atoms with E-state index in [-0.39, 0.29) is 11.0 Å². The van der Waals surface area contributed by atoms with Crippen molar-refractivity contribution in [3.63, 3.8) is 0 Å². The van der Waals surface area contributed by atoms with E-state index in [4.69, 9.17) is 0 Å². The van der Waals surface area contributed by atoms with Gasteiger partial charge >= 0.3 is 12.1 Å². The van der Waals surface area contributed by atoms with Crippen molar-refractivity contribution in [2.75, 3.05) is 5.32 Å². The van der Waals surface area contributed by atoms with Crippen molar-refractivity contribution in [1.82, 2.24) is 10.2 Å². The number of hydrogen-bond acceptors (Lipinski definition) is 5. The number of anilines is 1. The Hall–Kier alpha value is -1.38. The van der Waals surface area contributed by atoms with Crippen molar-refractivity contribution in [2.45, 2.75) is 44.3 Å². The molecule has 9 heteroatoms. The molecule has 112 valence electrons. The van der Waals surface area contributed by atoms with Crippen LogP contribution in [0.1, 0.15) is 37.1 Å². The van der Waals surface area contributed by atoms with Crippen LogP contribution in [0.4, 0.5) is 18.3 Å². The molecule has 0 saturated heterocycles. The second-order valence-electron chi connectivity index (χ2n) is 4.77. The van der Waals surface area contributed by atoms with Gasteiger partial charge in [0.1, 0.15) is 6.04 Å². The fraction of sp³-hybridized carbons (Fsp3) is 0.727. The number of nitrogens with zero attached hydrogens (tertiary/aromatic N) is 2. The summed E-state index contributed by atoms with van der Waals surface area (Å²) in [6.45, 7) is 0. The number of aromatic nitrogens is 2.